The van der Waals surface area contributed by atoms with Crippen LogP contribution < -0.4 is 14.8 Å². The fourth-order valence-corrected chi connectivity index (χ4v) is 4.86. The molecule has 1 N–H and O–H groups in total. The first kappa shape index (κ1) is 28.0. The predicted octanol–water partition coefficient (Wildman–Crippen LogP) is 9.92. The summed E-state index contributed by atoms with van der Waals surface area (Å²) in [7, 11) is 0. The molecule has 0 aliphatic heterocycles. The first-order chi connectivity index (χ1) is 19.9. The fraction of sp³-hybridized carbons (Fsp3) is 0.216. The molecule has 5 rings (SSSR count). The smallest absolute Gasteiger partial charge is 0.128 e. The molecule has 0 atom stereocenters. The van der Waals surface area contributed by atoms with Gasteiger partial charge in [-0.15, -0.1) is 0 Å². The summed E-state index contributed by atoms with van der Waals surface area (Å²) >= 11 is 0. The van der Waals surface area contributed by atoms with Gasteiger partial charge in [0.25, 0.3) is 0 Å². The molecule has 4 nitrogen and oxygen atoms in total. The third-order valence-corrected chi connectivity index (χ3v) is 7.01. The number of aromatic nitrogens is 1. The van der Waals surface area contributed by atoms with Crippen molar-refractivity contribution in [2.24, 2.45) is 0 Å². The maximum atomic E-state index is 5.97. The highest BCUT2D eigenvalue weighted by Gasteiger charge is 2.15. The fourth-order valence-electron chi connectivity index (χ4n) is 4.86. The second-order valence-electron chi connectivity index (χ2n) is 11.0. The Labute approximate surface area is 244 Å². The number of para-hydroxylation sites is 2. The van der Waals surface area contributed by atoms with E-state index in [1.54, 1.807) is 0 Å². The van der Waals surface area contributed by atoms with E-state index in [9.17, 15) is 0 Å². The normalized spacial score (nSPS) is 11.2. The van der Waals surface area contributed by atoms with E-state index in [1.807, 2.05) is 50.2 Å². The van der Waals surface area contributed by atoms with E-state index in [0.29, 0.717) is 13.2 Å². The summed E-state index contributed by atoms with van der Waals surface area (Å²) in [6, 6.07) is 37.6. The van der Waals surface area contributed by atoms with Crippen LogP contribution in [-0.2, 0) is 5.41 Å². The molecule has 1 aromatic heterocycles. The Bertz CT molecular complexity index is 1530. The van der Waals surface area contributed by atoms with Crippen molar-refractivity contribution >= 4 is 11.4 Å². The Morgan fingerprint density at radius 2 is 1.05 bits per heavy atom. The van der Waals surface area contributed by atoms with Gasteiger partial charge in [-0.05, 0) is 96.6 Å². The van der Waals surface area contributed by atoms with Gasteiger partial charge in [-0.3, -0.25) is 0 Å². The van der Waals surface area contributed by atoms with Crippen molar-refractivity contribution in [3.8, 4) is 45.1 Å². The highest BCUT2D eigenvalue weighted by molar-refractivity contribution is 5.80. The van der Waals surface area contributed by atoms with Crippen LogP contribution in [0.2, 0.25) is 0 Å². The maximum absolute atomic E-state index is 5.97. The van der Waals surface area contributed by atoms with Crippen LogP contribution in [0.1, 0.15) is 40.2 Å². The molecule has 0 fully saturated rings. The minimum absolute atomic E-state index is 0.134. The number of benzene rings is 4. The zero-order chi connectivity index (χ0) is 28.8. The predicted molar refractivity (Wildman–Crippen MR) is 171 cm³/mol. The van der Waals surface area contributed by atoms with E-state index in [-0.39, 0.29) is 5.41 Å². The minimum atomic E-state index is 0.134. The topological polar surface area (TPSA) is 43.4 Å². The molecule has 0 unspecified atom stereocenters. The summed E-state index contributed by atoms with van der Waals surface area (Å²) < 4.78 is 11.9. The molecule has 5 aromatic rings. The molecule has 0 amide bonds. The summed E-state index contributed by atoms with van der Waals surface area (Å²) in [5, 5.41) is 3.53. The third kappa shape index (κ3) is 6.60. The number of nitrogens with one attached hydrogen (secondary N) is 1. The third-order valence-electron chi connectivity index (χ3n) is 7.01. The van der Waals surface area contributed by atoms with Crippen LogP contribution >= 0.6 is 0 Å². The molecule has 0 aliphatic rings. The van der Waals surface area contributed by atoms with E-state index in [4.69, 9.17) is 14.5 Å². The van der Waals surface area contributed by atoms with Crippen molar-refractivity contribution < 1.29 is 9.47 Å². The molecule has 0 saturated heterocycles. The van der Waals surface area contributed by atoms with Crippen molar-refractivity contribution in [3.63, 3.8) is 0 Å². The molecule has 0 aliphatic carbocycles. The molecule has 0 bridgehead atoms. The van der Waals surface area contributed by atoms with Gasteiger partial charge in [-0.1, -0.05) is 69.3 Å². The molecule has 41 heavy (non-hydrogen) atoms. The van der Waals surface area contributed by atoms with E-state index >= 15 is 0 Å². The van der Waals surface area contributed by atoms with Crippen molar-refractivity contribution in [1.82, 2.24) is 4.98 Å². The number of nitrogens with zero attached hydrogens (tertiary/aromatic N) is 1. The molecule has 0 spiro atoms. The highest BCUT2D eigenvalue weighted by atomic mass is 16.5. The molecule has 4 aromatic carbocycles. The van der Waals surface area contributed by atoms with Crippen LogP contribution in [-0.4, -0.2) is 18.2 Å². The maximum Gasteiger partial charge on any atom is 0.128 e. The highest BCUT2D eigenvalue weighted by Crippen LogP contribution is 2.37. The van der Waals surface area contributed by atoms with Crippen LogP contribution in [0.5, 0.6) is 11.5 Å². The number of rotatable bonds is 9. The van der Waals surface area contributed by atoms with Crippen LogP contribution in [0.25, 0.3) is 33.6 Å². The first-order valence-electron chi connectivity index (χ1n) is 14.3. The monoisotopic (exact) mass is 542 g/mol. The van der Waals surface area contributed by atoms with Gasteiger partial charge in [0.15, 0.2) is 0 Å². The van der Waals surface area contributed by atoms with Crippen molar-refractivity contribution in [1.29, 1.82) is 0 Å². The molecular formula is C37H38N2O2. The Kier molecular flexibility index (Phi) is 8.39. The Balaban J connectivity index is 1.53. The zero-order valence-electron chi connectivity index (χ0n) is 24.6. The number of pyridine rings is 1. The lowest BCUT2D eigenvalue weighted by Crippen LogP contribution is -2.10. The molecule has 4 heteroatoms. The van der Waals surface area contributed by atoms with E-state index in [2.05, 4.69) is 98.9 Å². The number of hydrogen-bond acceptors (Lipinski definition) is 4. The second kappa shape index (κ2) is 12.3. The van der Waals surface area contributed by atoms with Crippen LogP contribution in [0.15, 0.2) is 109 Å². The largest absolute Gasteiger partial charge is 0.493 e. The van der Waals surface area contributed by atoms with Crippen LogP contribution in [0, 0.1) is 0 Å². The van der Waals surface area contributed by atoms with Crippen LogP contribution in [0.3, 0.4) is 0 Å². The molecule has 208 valence electrons. The molecule has 0 radical (unpaired) electrons. The zero-order valence-corrected chi connectivity index (χ0v) is 24.6. The van der Waals surface area contributed by atoms with Gasteiger partial charge in [-0.25, -0.2) is 4.98 Å². The lowest BCUT2D eigenvalue weighted by Gasteiger charge is -2.19. The van der Waals surface area contributed by atoms with Crippen molar-refractivity contribution in [2.45, 2.75) is 40.0 Å². The summed E-state index contributed by atoms with van der Waals surface area (Å²) in [6.45, 7) is 11.9. The quantitative estimate of drug-likeness (QED) is 0.201. The number of ether oxygens (including phenoxy) is 2. The van der Waals surface area contributed by atoms with Crippen molar-refractivity contribution in [2.75, 3.05) is 18.5 Å². The first-order valence-corrected chi connectivity index (χ1v) is 14.3. The SMILES string of the molecule is CCOc1ccccc1-c1cc(-c2ccc(Nc3ccc(C(C)(C)C)cc3)cc2)cc(-c2ccccc2OCC)n1. The summed E-state index contributed by atoms with van der Waals surface area (Å²) in [6.07, 6.45) is 0. The minimum Gasteiger partial charge on any atom is -0.493 e. The Hall–Kier alpha value is -4.57. The van der Waals surface area contributed by atoms with Gasteiger partial charge in [0, 0.05) is 22.5 Å². The lowest BCUT2D eigenvalue weighted by atomic mass is 9.87. The van der Waals surface area contributed by atoms with Gasteiger partial charge < -0.3 is 14.8 Å². The van der Waals surface area contributed by atoms with E-state index < -0.39 is 0 Å². The standard InChI is InChI=1S/C37H38N2O2/c1-6-40-35-14-10-8-12-31(35)33-24-27(25-34(39-33)32-13-9-11-15-36(32)41-7-2)26-16-20-29(21-17-26)38-30-22-18-28(19-23-30)37(3,4)5/h8-25,38H,6-7H2,1-5H3. The van der Waals surface area contributed by atoms with Crippen LogP contribution in [0.4, 0.5) is 11.4 Å². The second-order valence-corrected chi connectivity index (χ2v) is 11.0. The average molecular weight is 543 g/mol. The number of anilines is 2. The van der Waals surface area contributed by atoms with Crippen molar-refractivity contribution in [3.05, 3.63) is 115 Å². The molecule has 1 heterocycles. The lowest BCUT2D eigenvalue weighted by molar-refractivity contribution is 0.341. The summed E-state index contributed by atoms with van der Waals surface area (Å²) in [5.41, 5.74) is 9.37. The summed E-state index contributed by atoms with van der Waals surface area (Å²) in [4.78, 5) is 5.11. The van der Waals surface area contributed by atoms with Gasteiger partial charge >= 0.3 is 0 Å². The Morgan fingerprint density at radius 3 is 1.51 bits per heavy atom. The molecular weight excluding hydrogens is 504 g/mol. The Morgan fingerprint density at radius 1 is 0.585 bits per heavy atom. The van der Waals surface area contributed by atoms with E-state index in [0.717, 1.165) is 56.5 Å². The van der Waals surface area contributed by atoms with Gasteiger partial charge in [0.1, 0.15) is 11.5 Å². The van der Waals surface area contributed by atoms with Gasteiger partial charge in [0.2, 0.25) is 0 Å². The van der Waals surface area contributed by atoms with Gasteiger partial charge in [-0.2, -0.15) is 0 Å². The summed E-state index contributed by atoms with van der Waals surface area (Å²) in [5.74, 6) is 1.64. The average Bonchev–Trinajstić information content (AvgIpc) is 2.98. The number of hydrogen-bond donors (Lipinski definition) is 1. The van der Waals surface area contributed by atoms with Gasteiger partial charge in [0.05, 0.1) is 24.6 Å². The van der Waals surface area contributed by atoms with E-state index in [1.165, 1.54) is 5.56 Å². The molecule has 0 saturated carbocycles.